The van der Waals surface area contributed by atoms with Gasteiger partial charge in [0.05, 0.1) is 25.8 Å². The minimum Gasteiger partial charge on any atom is -0.379 e. The summed E-state index contributed by atoms with van der Waals surface area (Å²) in [4.78, 5) is 12.3. The maximum Gasteiger partial charge on any atom is 0.191 e. The van der Waals surface area contributed by atoms with Crippen LogP contribution < -0.4 is 10.6 Å². The Morgan fingerprint density at radius 2 is 2.03 bits per heavy atom. The van der Waals surface area contributed by atoms with E-state index in [9.17, 15) is 0 Å². The lowest BCUT2D eigenvalue weighted by molar-refractivity contribution is 0.0186. The summed E-state index contributed by atoms with van der Waals surface area (Å²) in [5.41, 5.74) is 3.83. The van der Waals surface area contributed by atoms with Gasteiger partial charge in [0, 0.05) is 47.7 Å². The second-order valence-corrected chi connectivity index (χ2v) is 8.83. The van der Waals surface area contributed by atoms with Gasteiger partial charge in [0.15, 0.2) is 5.96 Å². The Balaban J connectivity index is 1.41. The highest BCUT2D eigenvalue weighted by Gasteiger charge is 2.23. The molecule has 4 rings (SSSR count). The average molecular weight is 440 g/mol. The molecule has 3 aromatic rings. The number of H-pyrrole nitrogens is 1. The predicted octanol–water partition coefficient (Wildman–Crippen LogP) is 3.71. The summed E-state index contributed by atoms with van der Waals surface area (Å²) in [6.45, 7) is 10.2. The lowest BCUT2D eigenvalue weighted by atomic mass is 10.1. The summed E-state index contributed by atoms with van der Waals surface area (Å²) in [6, 6.07) is 13.2. The number of aliphatic imine (C=N–C) groups is 1. The molecule has 7 heteroatoms. The van der Waals surface area contributed by atoms with Gasteiger partial charge in [-0.1, -0.05) is 24.3 Å². The first-order valence-electron chi connectivity index (χ1n) is 11.2. The lowest BCUT2D eigenvalue weighted by Crippen LogP contribution is -2.42. The molecule has 0 saturated carbocycles. The van der Waals surface area contributed by atoms with Crippen molar-refractivity contribution in [2.24, 2.45) is 4.99 Å². The number of fused-ring (bicyclic) bond motifs is 1. The number of hydrogen-bond donors (Lipinski definition) is 3. The highest BCUT2D eigenvalue weighted by Crippen LogP contribution is 2.26. The van der Waals surface area contributed by atoms with Gasteiger partial charge in [0.2, 0.25) is 0 Å². The number of aromatic nitrogens is 1. The fourth-order valence-corrected chi connectivity index (χ4v) is 5.09. The molecule has 3 heterocycles. The van der Waals surface area contributed by atoms with Crippen LogP contribution in [0.15, 0.2) is 46.8 Å². The molecule has 0 spiro atoms. The minimum absolute atomic E-state index is 0.301. The number of nitrogens with zero attached hydrogens (tertiary/aromatic N) is 2. The number of aromatic amines is 1. The van der Waals surface area contributed by atoms with Crippen molar-refractivity contribution in [2.45, 2.75) is 26.3 Å². The van der Waals surface area contributed by atoms with Gasteiger partial charge in [-0.05, 0) is 43.3 Å². The van der Waals surface area contributed by atoms with Crippen molar-refractivity contribution >= 4 is 28.2 Å². The third kappa shape index (κ3) is 5.47. The van der Waals surface area contributed by atoms with Gasteiger partial charge in [0.1, 0.15) is 0 Å². The van der Waals surface area contributed by atoms with Crippen LogP contribution in [0.3, 0.4) is 0 Å². The SMILES string of the molecule is CCNC(=NCC(c1cccs1)N1CCOCC1)NCCc1c(C)[nH]c2ccccc12. The summed E-state index contributed by atoms with van der Waals surface area (Å²) in [5.74, 6) is 0.884. The van der Waals surface area contributed by atoms with Gasteiger partial charge >= 0.3 is 0 Å². The number of guanidine groups is 1. The Labute approximate surface area is 188 Å². The summed E-state index contributed by atoms with van der Waals surface area (Å²) in [7, 11) is 0. The molecule has 3 N–H and O–H groups in total. The second-order valence-electron chi connectivity index (χ2n) is 7.85. The van der Waals surface area contributed by atoms with Crippen LogP contribution in [0.25, 0.3) is 10.9 Å². The molecule has 1 aliphatic rings. The van der Waals surface area contributed by atoms with E-state index in [1.165, 1.54) is 27.0 Å². The quantitative estimate of drug-likeness (QED) is 0.370. The van der Waals surface area contributed by atoms with Crippen molar-refractivity contribution in [1.29, 1.82) is 0 Å². The zero-order valence-electron chi connectivity index (χ0n) is 18.5. The molecule has 1 unspecified atom stereocenters. The number of hydrogen-bond acceptors (Lipinski definition) is 4. The van der Waals surface area contributed by atoms with Crippen LogP contribution in [0.2, 0.25) is 0 Å². The lowest BCUT2D eigenvalue weighted by Gasteiger charge is -2.33. The average Bonchev–Trinajstić information content (AvgIpc) is 3.43. The molecule has 0 amide bonds. The van der Waals surface area contributed by atoms with Crippen molar-refractivity contribution in [3.63, 3.8) is 0 Å². The molecule has 0 bridgehead atoms. The first-order chi connectivity index (χ1) is 15.3. The fourth-order valence-electron chi connectivity index (χ4n) is 4.24. The van der Waals surface area contributed by atoms with Crippen LogP contribution in [0.4, 0.5) is 0 Å². The van der Waals surface area contributed by atoms with Gasteiger partial charge < -0.3 is 20.4 Å². The van der Waals surface area contributed by atoms with E-state index in [0.29, 0.717) is 6.04 Å². The van der Waals surface area contributed by atoms with E-state index < -0.39 is 0 Å². The highest BCUT2D eigenvalue weighted by atomic mass is 32.1. The molecule has 31 heavy (non-hydrogen) atoms. The fraction of sp³-hybridized carbons (Fsp3) is 0.458. The molecule has 166 valence electrons. The van der Waals surface area contributed by atoms with Crippen molar-refractivity contribution in [2.75, 3.05) is 45.9 Å². The first kappa shape index (κ1) is 21.9. The van der Waals surface area contributed by atoms with E-state index in [1.54, 1.807) is 0 Å². The summed E-state index contributed by atoms with van der Waals surface area (Å²) < 4.78 is 5.56. The summed E-state index contributed by atoms with van der Waals surface area (Å²) in [5, 5.41) is 10.4. The largest absolute Gasteiger partial charge is 0.379 e. The molecule has 1 fully saturated rings. The number of morpholine rings is 1. The smallest absolute Gasteiger partial charge is 0.191 e. The molecule has 1 saturated heterocycles. The van der Waals surface area contributed by atoms with Gasteiger partial charge in [-0.25, -0.2) is 0 Å². The van der Waals surface area contributed by atoms with E-state index in [2.05, 4.69) is 76.1 Å². The number of rotatable bonds is 8. The Morgan fingerprint density at radius 3 is 2.81 bits per heavy atom. The van der Waals surface area contributed by atoms with Crippen LogP contribution in [-0.4, -0.2) is 61.8 Å². The number of ether oxygens (including phenoxy) is 1. The second kappa shape index (κ2) is 10.8. The van der Waals surface area contributed by atoms with Gasteiger partial charge in [-0.3, -0.25) is 9.89 Å². The van der Waals surface area contributed by atoms with Gasteiger partial charge in [0.25, 0.3) is 0 Å². The monoisotopic (exact) mass is 439 g/mol. The Hall–Kier alpha value is -2.35. The first-order valence-corrected chi connectivity index (χ1v) is 12.1. The topological polar surface area (TPSA) is 64.7 Å². The maximum absolute atomic E-state index is 5.56. The Bertz CT molecular complexity index is 975. The van der Waals surface area contributed by atoms with Crippen LogP contribution in [-0.2, 0) is 11.2 Å². The number of benzene rings is 1. The van der Waals surface area contributed by atoms with E-state index in [1.807, 2.05) is 11.3 Å². The number of aryl methyl sites for hydroxylation is 1. The van der Waals surface area contributed by atoms with E-state index in [-0.39, 0.29) is 0 Å². The third-order valence-electron chi connectivity index (χ3n) is 5.82. The Kier molecular flexibility index (Phi) is 7.61. The van der Waals surface area contributed by atoms with Crippen molar-refractivity contribution in [3.05, 3.63) is 57.9 Å². The summed E-state index contributed by atoms with van der Waals surface area (Å²) >= 11 is 1.81. The maximum atomic E-state index is 5.56. The predicted molar refractivity (Wildman–Crippen MR) is 130 cm³/mol. The van der Waals surface area contributed by atoms with E-state index in [0.717, 1.165) is 58.3 Å². The van der Waals surface area contributed by atoms with Crippen molar-refractivity contribution in [1.82, 2.24) is 20.5 Å². The molecular weight excluding hydrogens is 406 g/mol. The normalized spacial score (nSPS) is 16.5. The van der Waals surface area contributed by atoms with Crippen LogP contribution in [0, 0.1) is 6.92 Å². The molecule has 1 atom stereocenters. The van der Waals surface area contributed by atoms with Crippen LogP contribution in [0.1, 0.15) is 29.1 Å². The number of thiophene rings is 1. The molecule has 1 aliphatic heterocycles. The van der Waals surface area contributed by atoms with Crippen molar-refractivity contribution < 1.29 is 4.74 Å². The van der Waals surface area contributed by atoms with Gasteiger partial charge in [-0.2, -0.15) is 0 Å². The number of para-hydroxylation sites is 1. The standard InChI is InChI=1S/C24H33N5OS/c1-3-25-24(26-11-10-19-18(2)28-21-8-5-4-7-20(19)21)27-17-22(23-9-6-16-31-23)29-12-14-30-15-13-29/h4-9,16,22,28H,3,10-15,17H2,1-2H3,(H2,25,26,27). The highest BCUT2D eigenvalue weighted by molar-refractivity contribution is 7.10. The van der Waals surface area contributed by atoms with Crippen LogP contribution >= 0.6 is 11.3 Å². The summed E-state index contributed by atoms with van der Waals surface area (Å²) in [6.07, 6.45) is 0.956. The molecule has 2 aromatic heterocycles. The molecule has 1 aromatic carbocycles. The Morgan fingerprint density at radius 1 is 1.19 bits per heavy atom. The van der Waals surface area contributed by atoms with Crippen molar-refractivity contribution in [3.8, 4) is 0 Å². The van der Waals surface area contributed by atoms with Crippen LogP contribution in [0.5, 0.6) is 0 Å². The van der Waals surface area contributed by atoms with Gasteiger partial charge in [-0.15, -0.1) is 11.3 Å². The molecule has 6 nitrogen and oxygen atoms in total. The number of nitrogens with one attached hydrogen (secondary N) is 3. The molecule has 0 radical (unpaired) electrons. The van der Waals surface area contributed by atoms with E-state index in [4.69, 9.17) is 9.73 Å². The molecular formula is C24H33N5OS. The molecule has 0 aliphatic carbocycles. The zero-order valence-corrected chi connectivity index (χ0v) is 19.3. The third-order valence-corrected chi connectivity index (χ3v) is 6.79. The zero-order chi connectivity index (χ0) is 21.5. The van der Waals surface area contributed by atoms with E-state index >= 15 is 0 Å². The minimum atomic E-state index is 0.301.